The summed E-state index contributed by atoms with van der Waals surface area (Å²) in [4.78, 5) is 0. The lowest BCUT2D eigenvalue weighted by atomic mass is 10.8. The molecule has 100 valence electrons. The van der Waals surface area contributed by atoms with Crippen molar-refractivity contribution in [2.45, 2.75) is 20.8 Å². The Bertz CT molecular complexity index is 83.0. The summed E-state index contributed by atoms with van der Waals surface area (Å²) in [6, 6.07) is 0. The first-order chi connectivity index (χ1) is 7.66. The molecule has 0 aromatic rings. The topological polar surface area (TPSA) is 69.9 Å². The van der Waals surface area contributed by atoms with Crippen LogP contribution >= 0.6 is 0 Å². The SMILES string of the molecule is C=CC.C=CC.CCOCCO.OCCO. The second-order valence-corrected chi connectivity index (χ2v) is 2.18. The highest BCUT2D eigenvalue weighted by molar-refractivity contribution is 4.51. The molecule has 4 nitrogen and oxygen atoms in total. The minimum absolute atomic E-state index is 0.125. The van der Waals surface area contributed by atoms with Gasteiger partial charge in [-0.25, -0.2) is 0 Å². The van der Waals surface area contributed by atoms with E-state index in [0.717, 1.165) is 0 Å². The van der Waals surface area contributed by atoms with Crippen molar-refractivity contribution in [1.29, 1.82) is 0 Å². The van der Waals surface area contributed by atoms with E-state index in [2.05, 4.69) is 13.2 Å². The molecule has 0 spiro atoms. The van der Waals surface area contributed by atoms with Gasteiger partial charge in [0.2, 0.25) is 0 Å². The highest BCUT2D eigenvalue weighted by atomic mass is 16.5. The molecule has 0 rings (SSSR count). The Hall–Kier alpha value is -0.680. The van der Waals surface area contributed by atoms with Crippen molar-refractivity contribution in [1.82, 2.24) is 0 Å². The lowest BCUT2D eigenvalue weighted by Crippen LogP contribution is -1.96. The summed E-state index contributed by atoms with van der Waals surface area (Å²) in [5, 5.41) is 23.3. The van der Waals surface area contributed by atoms with Crippen LogP contribution < -0.4 is 0 Å². The van der Waals surface area contributed by atoms with E-state index in [9.17, 15) is 0 Å². The predicted octanol–water partition coefficient (Wildman–Crippen LogP) is 1.37. The summed E-state index contributed by atoms with van der Waals surface area (Å²) in [6.07, 6.45) is 3.50. The Labute approximate surface area is 99.9 Å². The van der Waals surface area contributed by atoms with Crippen molar-refractivity contribution in [3.63, 3.8) is 0 Å². The third-order valence-corrected chi connectivity index (χ3v) is 0.540. The molecule has 0 heterocycles. The van der Waals surface area contributed by atoms with Crippen molar-refractivity contribution in [3.05, 3.63) is 25.3 Å². The van der Waals surface area contributed by atoms with Gasteiger partial charge in [-0.3, -0.25) is 0 Å². The van der Waals surface area contributed by atoms with E-state index in [-0.39, 0.29) is 19.8 Å². The number of allylic oxidation sites excluding steroid dienone is 2. The fourth-order valence-electron chi connectivity index (χ4n) is 0.209. The molecule has 0 unspecified atom stereocenters. The van der Waals surface area contributed by atoms with Crippen molar-refractivity contribution in [2.75, 3.05) is 33.0 Å². The zero-order valence-corrected chi connectivity index (χ0v) is 10.9. The van der Waals surface area contributed by atoms with Crippen LogP contribution in [0.4, 0.5) is 0 Å². The molecule has 0 atom stereocenters. The Kier molecular flexibility index (Phi) is 72.7. The van der Waals surface area contributed by atoms with Crippen molar-refractivity contribution < 1.29 is 20.1 Å². The summed E-state index contributed by atoms with van der Waals surface area (Å²) in [7, 11) is 0. The molecule has 0 amide bonds. The van der Waals surface area contributed by atoms with Crippen LogP contribution in [0.15, 0.2) is 25.3 Å². The summed E-state index contributed by atoms with van der Waals surface area (Å²) < 4.78 is 4.73. The lowest BCUT2D eigenvalue weighted by molar-refractivity contribution is 0.102. The van der Waals surface area contributed by atoms with Crippen LogP contribution in [-0.2, 0) is 4.74 Å². The number of rotatable bonds is 4. The maximum absolute atomic E-state index is 8.07. The number of hydrogen-bond donors (Lipinski definition) is 3. The van der Waals surface area contributed by atoms with Gasteiger partial charge in [-0.15, -0.1) is 13.2 Å². The van der Waals surface area contributed by atoms with Crippen LogP contribution in [0.3, 0.4) is 0 Å². The van der Waals surface area contributed by atoms with Gasteiger partial charge in [0.25, 0.3) is 0 Å². The van der Waals surface area contributed by atoms with Gasteiger partial charge in [0.1, 0.15) is 0 Å². The second-order valence-electron chi connectivity index (χ2n) is 2.18. The van der Waals surface area contributed by atoms with Gasteiger partial charge < -0.3 is 20.1 Å². The van der Waals surface area contributed by atoms with E-state index in [1.807, 2.05) is 20.8 Å². The second kappa shape index (κ2) is 47.4. The van der Waals surface area contributed by atoms with Crippen molar-refractivity contribution in [2.24, 2.45) is 0 Å². The maximum Gasteiger partial charge on any atom is 0.0697 e. The molecule has 0 saturated carbocycles. The Morgan fingerprint density at radius 3 is 1.31 bits per heavy atom. The number of hydrogen-bond acceptors (Lipinski definition) is 4. The van der Waals surface area contributed by atoms with E-state index in [0.29, 0.717) is 13.2 Å². The molecule has 0 aliphatic rings. The molecule has 0 aliphatic heterocycles. The third kappa shape index (κ3) is 183. The highest BCUT2D eigenvalue weighted by Crippen LogP contribution is 1.66. The van der Waals surface area contributed by atoms with Gasteiger partial charge in [-0.05, 0) is 20.8 Å². The van der Waals surface area contributed by atoms with E-state index in [1.54, 1.807) is 12.2 Å². The van der Waals surface area contributed by atoms with Gasteiger partial charge in [0, 0.05) is 6.61 Å². The minimum atomic E-state index is -0.125. The van der Waals surface area contributed by atoms with Gasteiger partial charge >= 0.3 is 0 Å². The summed E-state index contributed by atoms with van der Waals surface area (Å²) in [5.41, 5.74) is 0. The van der Waals surface area contributed by atoms with Crippen LogP contribution in [0, 0.1) is 0 Å². The van der Waals surface area contributed by atoms with Gasteiger partial charge in [-0.2, -0.15) is 0 Å². The number of ether oxygens (including phenoxy) is 1. The molecule has 0 bridgehead atoms. The van der Waals surface area contributed by atoms with Crippen LogP contribution in [0.1, 0.15) is 20.8 Å². The molecule has 0 saturated heterocycles. The fraction of sp³-hybridized carbons (Fsp3) is 0.667. The Morgan fingerprint density at radius 2 is 1.25 bits per heavy atom. The number of aliphatic hydroxyl groups is 3. The Balaban J connectivity index is -0.0000000635. The third-order valence-electron chi connectivity index (χ3n) is 0.540. The zero-order valence-electron chi connectivity index (χ0n) is 10.9. The van der Waals surface area contributed by atoms with E-state index < -0.39 is 0 Å². The highest BCUT2D eigenvalue weighted by Gasteiger charge is 1.73. The van der Waals surface area contributed by atoms with Gasteiger partial charge in [0.05, 0.1) is 26.4 Å². The molecular formula is C12H28O4. The molecule has 0 radical (unpaired) electrons. The van der Waals surface area contributed by atoms with Crippen LogP contribution in [0.5, 0.6) is 0 Å². The first-order valence-corrected chi connectivity index (χ1v) is 5.20. The number of aliphatic hydroxyl groups excluding tert-OH is 3. The van der Waals surface area contributed by atoms with Crippen LogP contribution in [0.2, 0.25) is 0 Å². The van der Waals surface area contributed by atoms with E-state index >= 15 is 0 Å². The molecule has 3 N–H and O–H groups in total. The normalized spacial score (nSPS) is 6.88. The summed E-state index contributed by atoms with van der Waals surface area (Å²) >= 11 is 0. The van der Waals surface area contributed by atoms with Crippen LogP contribution in [-0.4, -0.2) is 48.4 Å². The molecule has 0 fully saturated rings. The fourth-order valence-corrected chi connectivity index (χ4v) is 0.209. The molecular weight excluding hydrogens is 208 g/mol. The standard InChI is InChI=1S/C4H10O2.2C3H6.C2H6O2/c1-2-6-4-3-5;2*1-3-2;3-1-2-4/h5H,2-4H2,1H3;2*3H,1H2,2H3;3-4H,1-2H2. The Morgan fingerprint density at radius 1 is 0.938 bits per heavy atom. The summed E-state index contributed by atoms with van der Waals surface area (Å²) in [6.45, 7) is 13.4. The smallest absolute Gasteiger partial charge is 0.0697 e. The minimum Gasteiger partial charge on any atom is -0.394 e. The van der Waals surface area contributed by atoms with Crippen molar-refractivity contribution >= 4 is 0 Å². The van der Waals surface area contributed by atoms with Gasteiger partial charge in [0.15, 0.2) is 0 Å². The summed E-state index contributed by atoms with van der Waals surface area (Å²) in [5.74, 6) is 0. The van der Waals surface area contributed by atoms with Crippen LogP contribution in [0.25, 0.3) is 0 Å². The molecule has 16 heavy (non-hydrogen) atoms. The monoisotopic (exact) mass is 236 g/mol. The maximum atomic E-state index is 8.07. The molecule has 4 heteroatoms. The van der Waals surface area contributed by atoms with Crippen molar-refractivity contribution in [3.8, 4) is 0 Å². The average Bonchev–Trinajstić information content (AvgIpc) is 2.29. The van der Waals surface area contributed by atoms with E-state index in [1.165, 1.54) is 0 Å². The van der Waals surface area contributed by atoms with Gasteiger partial charge in [-0.1, -0.05) is 12.2 Å². The predicted molar refractivity (Wildman–Crippen MR) is 69.5 cm³/mol. The average molecular weight is 236 g/mol. The lowest BCUT2D eigenvalue weighted by Gasteiger charge is -1.91. The first kappa shape index (κ1) is 24.5. The largest absolute Gasteiger partial charge is 0.394 e. The first-order valence-electron chi connectivity index (χ1n) is 5.20. The molecule has 0 aromatic carbocycles. The quantitative estimate of drug-likeness (QED) is 0.509. The van der Waals surface area contributed by atoms with E-state index in [4.69, 9.17) is 20.1 Å². The molecule has 0 aromatic heterocycles. The molecule has 0 aliphatic carbocycles. The zero-order chi connectivity index (χ0) is 13.7.